The fraction of sp³-hybridized carbons (Fsp3) is 0.429. The Balaban J connectivity index is 0.00000180. The molecule has 0 unspecified atom stereocenters. The molecule has 0 radical (unpaired) electrons. The van der Waals surface area contributed by atoms with Crippen LogP contribution in [0.4, 0.5) is 0 Å². The van der Waals surface area contributed by atoms with Crippen molar-refractivity contribution in [3.05, 3.63) is 36.7 Å². The second-order valence-electron chi connectivity index (χ2n) is 5.55. The molecule has 4 nitrogen and oxygen atoms in total. The topological polar surface area (TPSA) is 30.7 Å². The Kier molecular flexibility index (Phi) is 5.69. The molecule has 0 spiro atoms. The molecular formula is C14H21BrN4. The number of hydrogen-bond donors (Lipinski definition) is 0. The maximum Gasteiger partial charge on any atom is 0.111 e. The van der Waals surface area contributed by atoms with Crippen molar-refractivity contribution in [1.29, 1.82) is 0 Å². The van der Waals surface area contributed by atoms with Crippen LogP contribution in [0.2, 0.25) is 0 Å². The molecule has 0 aliphatic carbocycles. The molecule has 2 aromatic heterocycles. The van der Waals surface area contributed by atoms with Crippen LogP contribution < -0.4 is 17.0 Å². The van der Waals surface area contributed by atoms with Crippen LogP contribution >= 0.6 is 0 Å². The summed E-state index contributed by atoms with van der Waals surface area (Å²) in [5.41, 5.74) is 1.88. The van der Waals surface area contributed by atoms with E-state index in [1.807, 2.05) is 35.1 Å². The summed E-state index contributed by atoms with van der Waals surface area (Å²) in [4.78, 5) is 4.30. The highest BCUT2D eigenvalue weighted by Gasteiger charge is 2.07. The van der Waals surface area contributed by atoms with Crippen LogP contribution in [-0.2, 0) is 6.54 Å². The second kappa shape index (κ2) is 6.82. The molecule has 5 heteroatoms. The van der Waals surface area contributed by atoms with E-state index in [1.54, 1.807) is 6.20 Å². The number of aromatic nitrogens is 3. The van der Waals surface area contributed by atoms with Gasteiger partial charge in [0.05, 0.1) is 33.4 Å². The van der Waals surface area contributed by atoms with Crippen LogP contribution in [0.5, 0.6) is 0 Å². The van der Waals surface area contributed by atoms with Crippen molar-refractivity contribution in [2.45, 2.75) is 13.0 Å². The summed E-state index contributed by atoms with van der Waals surface area (Å²) in [7, 11) is 6.63. The molecule has 0 fully saturated rings. The van der Waals surface area contributed by atoms with Gasteiger partial charge in [-0.25, -0.2) is 0 Å². The highest BCUT2D eigenvalue weighted by atomic mass is 79.9. The van der Waals surface area contributed by atoms with Gasteiger partial charge >= 0.3 is 0 Å². The predicted molar refractivity (Wildman–Crippen MR) is 73.0 cm³/mol. The van der Waals surface area contributed by atoms with Crippen molar-refractivity contribution in [1.82, 2.24) is 14.8 Å². The Bertz CT molecular complexity index is 488. The quantitative estimate of drug-likeness (QED) is 0.664. The first-order valence-electron chi connectivity index (χ1n) is 6.30. The normalized spacial score (nSPS) is 11.1. The Hall–Kier alpha value is -1.20. The van der Waals surface area contributed by atoms with Crippen molar-refractivity contribution in [3.8, 4) is 11.4 Å². The molecule has 2 heterocycles. The molecule has 0 aliphatic rings. The predicted octanol–water partition coefficient (Wildman–Crippen LogP) is -0.955. The fourth-order valence-electron chi connectivity index (χ4n) is 1.84. The van der Waals surface area contributed by atoms with Crippen molar-refractivity contribution in [2.24, 2.45) is 0 Å². The number of nitrogens with zero attached hydrogens (tertiary/aromatic N) is 4. The summed E-state index contributed by atoms with van der Waals surface area (Å²) in [5, 5.41) is 4.55. The van der Waals surface area contributed by atoms with Crippen LogP contribution in [0.3, 0.4) is 0 Å². The summed E-state index contributed by atoms with van der Waals surface area (Å²) in [5.74, 6) is 0. The number of pyridine rings is 1. The highest BCUT2D eigenvalue weighted by molar-refractivity contribution is 5.52. The first-order valence-corrected chi connectivity index (χ1v) is 6.30. The lowest BCUT2D eigenvalue weighted by Gasteiger charge is -2.23. The van der Waals surface area contributed by atoms with Gasteiger partial charge in [-0.1, -0.05) is 6.07 Å². The lowest BCUT2D eigenvalue weighted by Crippen LogP contribution is -3.00. The van der Waals surface area contributed by atoms with Gasteiger partial charge in [0, 0.05) is 25.4 Å². The molecule has 0 aromatic carbocycles. The summed E-state index contributed by atoms with van der Waals surface area (Å²) in [6, 6.07) is 7.91. The molecule has 0 N–H and O–H groups in total. The van der Waals surface area contributed by atoms with Crippen molar-refractivity contribution >= 4 is 0 Å². The molecule has 0 amide bonds. The van der Waals surface area contributed by atoms with Gasteiger partial charge in [0.15, 0.2) is 0 Å². The summed E-state index contributed by atoms with van der Waals surface area (Å²) < 4.78 is 2.99. The number of hydrogen-bond acceptors (Lipinski definition) is 2. The zero-order valence-corrected chi connectivity index (χ0v) is 13.3. The molecular weight excluding hydrogens is 304 g/mol. The molecule has 0 bridgehead atoms. The van der Waals surface area contributed by atoms with Crippen LogP contribution in [0, 0.1) is 0 Å². The average Bonchev–Trinajstić information content (AvgIpc) is 2.77. The van der Waals surface area contributed by atoms with Gasteiger partial charge in [-0.05, 0) is 18.2 Å². The zero-order chi connectivity index (χ0) is 13.0. The van der Waals surface area contributed by atoms with E-state index in [0.29, 0.717) is 0 Å². The lowest BCUT2D eigenvalue weighted by atomic mass is 10.3. The van der Waals surface area contributed by atoms with E-state index in [-0.39, 0.29) is 17.0 Å². The molecule has 19 heavy (non-hydrogen) atoms. The maximum atomic E-state index is 4.55. The van der Waals surface area contributed by atoms with Gasteiger partial charge in [0.1, 0.15) is 5.69 Å². The number of quaternary nitrogens is 1. The standard InChI is InChI=1S/C14H21N4.BrH/c1-18(2,3)12-6-10-17-11-8-14(16-17)13-7-4-5-9-15-13;/h4-5,7-9,11H,6,10,12H2,1-3H3;1H/q+1;/p-1. The van der Waals surface area contributed by atoms with E-state index in [4.69, 9.17) is 0 Å². The molecule has 104 valence electrons. The summed E-state index contributed by atoms with van der Waals surface area (Å²) >= 11 is 0. The summed E-state index contributed by atoms with van der Waals surface area (Å²) in [6.45, 7) is 2.11. The van der Waals surface area contributed by atoms with Gasteiger partial charge in [-0.3, -0.25) is 9.67 Å². The van der Waals surface area contributed by atoms with E-state index >= 15 is 0 Å². The van der Waals surface area contributed by atoms with Gasteiger partial charge < -0.3 is 21.5 Å². The van der Waals surface area contributed by atoms with E-state index in [0.717, 1.165) is 35.4 Å². The average molecular weight is 325 g/mol. The summed E-state index contributed by atoms with van der Waals surface area (Å²) in [6.07, 6.45) is 4.96. The Morgan fingerprint density at radius 2 is 1.89 bits per heavy atom. The van der Waals surface area contributed by atoms with E-state index in [9.17, 15) is 0 Å². The number of aryl methyl sites for hydroxylation is 1. The van der Waals surface area contributed by atoms with Crippen molar-refractivity contribution < 1.29 is 21.5 Å². The third-order valence-electron chi connectivity index (χ3n) is 2.78. The third-order valence-corrected chi connectivity index (χ3v) is 2.78. The molecule has 0 aliphatic heterocycles. The lowest BCUT2D eigenvalue weighted by molar-refractivity contribution is -0.870. The molecule has 0 atom stereocenters. The number of halogens is 1. The van der Waals surface area contributed by atoms with Crippen LogP contribution in [0.1, 0.15) is 6.42 Å². The Morgan fingerprint density at radius 1 is 1.11 bits per heavy atom. The molecule has 2 aromatic rings. The minimum Gasteiger partial charge on any atom is -1.00 e. The van der Waals surface area contributed by atoms with Gasteiger partial charge in [0.25, 0.3) is 0 Å². The smallest absolute Gasteiger partial charge is 0.111 e. The maximum absolute atomic E-state index is 4.55. The first-order chi connectivity index (χ1) is 8.54. The van der Waals surface area contributed by atoms with Crippen molar-refractivity contribution in [2.75, 3.05) is 27.7 Å². The van der Waals surface area contributed by atoms with Gasteiger partial charge in [-0.2, -0.15) is 5.10 Å². The number of rotatable bonds is 5. The van der Waals surface area contributed by atoms with Crippen LogP contribution in [0.25, 0.3) is 11.4 Å². The van der Waals surface area contributed by atoms with E-state index in [1.165, 1.54) is 0 Å². The second-order valence-corrected chi connectivity index (χ2v) is 5.55. The van der Waals surface area contributed by atoms with Crippen LogP contribution in [0.15, 0.2) is 36.7 Å². The minimum absolute atomic E-state index is 0. The fourth-order valence-corrected chi connectivity index (χ4v) is 1.84. The highest BCUT2D eigenvalue weighted by Crippen LogP contribution is 2.12. The molecule has 0 saturated carbocycles. The van der Waals surface area contributed by atoms with Gasteiger partial charge in [-0.15, -0.1) is 0 Å². The van der Waals surface area contributed by atoms with Gasteiger partial charge in [0.2, 0.25) is 0 Å². The van der Waals surface area contributed by atoms with E-state index < -0.39 is 0 Å². The van der Waals surface area contributed by atoms with Crippen LogP contribution in [-0.4, -0.2) is 46.9 Å². The first kappa shape index (κ1) is 15.9. The van der Waals surface area contributed by atoms with E-state index in [2.05, 4.69) is 31.2 Å². The monoisotopic (exact) mass is 324 g/mol. The minimum atomic E-state index is 0. The zero-order valence-electron chi connectivity index (χ0n) is 11.8. The van der Waals surface area contributed by atoms with Crippen molar-refractivity contribution in [3.63, 3.8) is 0 Å². The Morgan fingerprint density at radius 3 is 2.53 bits per heavy atom. The third kappa shape index (κ3) is 5.12. The SMILES string of the molecule is C[N+](C)(C)CCCn1ccc(-c2ccccn2)n1.[Br-]. The Labute approximate surface area is 125 Å². The molecule has 2 rings (SSSR count). The molecule has 0 saturated heterocycles. The largest absolute Gasteiger partial charge is 1.00 e.